The molecule has 4 nitrogen and oxygen atoms in total. The lowest BCUT2D eigenvalue weighted by Crippen LogP contribution is -2.13. The van der Waals surface area contributed by atoms with E-state index in [1.165, 1.54) is 6.07 Å². The van der Waals surface area contributed by atoms with Crippen LogP contribution in [-0.4, -0.2) is 17.6 Å². The van der Waals surface area contributed by atoms with Crippen molar-refractivity contribution in [2.75, 3.05) is 6.61 Å². The van der Waals surface area contributed by atoms with Crippen LogP contribution in [0, 0.1) is 11.3 Å². The molecule has 0 saturated heterocycles. The molecule has 0 amide bonds. The van der Waals surface area contributed by atoms with E-state index >= 15 is 0 Å². The first-order valence-electron chi connectivity index (χ1n) is 5.46. The topological polar surface area (TPSA) is 63.0 Å². The summed E-state index contributed by atoms with van der Waals surface area (Å²) in [6.45, 7) is 1.75. The molecule has 0 saturated carbocycles. The molecule has 1 aromatic heterocycles. The van der Waals surface area contributed by atoms with Crippen LogP contribution in [0.25, 0.3) is 0 Å². The van der Waals surface area contributed by atoms with Gasteiger partial charge in [0.05, 0.1) is 47.5 Å². The highest BCUT2D eigenvalue weighted by molar-refractivity contribution is 6.16. The monoisotopic (exact) mass is 288 g/mol. The van der Waals surface area contributed by atoms with Gasteiger partial charge in [0.1, 0.15) is 0 Å². The van der Waals surface area contributed by atoms with E-state index in [1.54, 1.807) is 13.0 Å². The fraction of sp³-hybridized carbons (Fsp3) is 0.417. The number of nitrogens with zero attached hydrogens (tertiary/aromatic N) is 2. The number of hydrogen-bond donors (Lipinski definition) is 0. The molecule has 7 heteroatoms. The van der Waals surface area contributed by atoms with Crippen molar-refractivity contribution >= 4 is 17.6 Å². The highest BCUT2D eigenvalue weighted by atomic mass is 35.5. The summed E-state index contributed by atoms with van der Waals surface area (Å²) in [5, 5.41) is 8.88. The summed E-state index contributed by atoms with van der Waals surface area (Å²) in [6.07, 6.45) is -3.30. The summed E-state index contributed by atoms with van der Waals surface area (Å²) in [4.78, 5) is 15.2. The van der Waals surface area contributed by atoms with Crippen molar-refractivity contribution in [3.63, 3.8) is 0 Å². The van der Waals surface area contributed by atoms with Crippen LogP contribution in [0.15, 0.2) is 6.07 Å². The molecule has 1 heterocycles. The Balaban J connectivity index is 3.26. The molecular weight excluding hydrogens is 278 g/mol. The van der Waals surface area contributed by atoms with E-state index in [2.05, 4.69) is 9.72 Å². The van der Waals surface area contributed by atoms with Gasteiger partial charge in [-0.15, -0.1) is 11.6 Å². The Morgan fingerprint density at radius 2 is 2.32 bits per heavy atom. The van der Waals surface area contributed by atoms with Crippen LogP contribution >= 0.6 is 11.6 Å². The van der Waals surface area contributed by atoms with Gasteiger partial charge in [0.2, 0.25) is 0 Å². The van der Waals surface area contributed by atoms with Crippen molar-refractivity contribution in [1.82, 2.24) is 4.98 Å². The number of nitriles is 1. The van der Waals surface area contributed by atoms with E-state index < -0.39 is 24.4 Å². The van der Waals surface area contributed by atoms with Gasteiger partial charge in [0.25, 0.3) is 6.43 Å². The molecule has 0 bridgehead atoms. The smallest absolute Gasteiger partial charge is 0.311 e. The number of carbonyl (C=O) groups excluding carboxylic acids is 1. The van der Waals surface area contributed by atoms with Crippen molar-refractivity contribution in [3.05, 3.63) is 28.6 Å². The zero-order valence-electron chi connectivity index (χ0n) is 10.1. The highest BCUT2D eigenvalue weighted by Crippen LogP contribution is 2.27. The van der Waals surface area contributed by atoms with Crippen LogP contribution in [0.4, 0.5) is 8.78 Å². The molecule has 0 atom stereocenters. The number of pyridine rings is 1. The Bertz CT molecular complexity index is 515. The summed E-state index contributed by atoms with van der Waals surface area (Å²) in [5.74, 6) is -0.707. The number of esters is 1. The maximum atomic E-state index is 13.0. The highest BCUT2D eigenvalue weighted by Gasteiger charge is 2.22. The van der Waals surface area contributed by atoms with Gasteiger partial charge >= 0.3 is 5.97 Å². The number of ether oxygens (including phenoxy) is 1. The number of alkyl halides is 3. The molecule has 0 N–H and O–H groups in total. The molecule has 0 aromatic carbocycles. The van der Waals surface area contributed by atoms with Crippen molar-refractivity contribution < 1.29 is 18.3 Å². The predicted molar refractivity (Wildman–Crippen MR) is 63.8 cm³/mol. The quantitative estimate of drug-likeness (QED) is 0.617. The molecular formula is C12H11ClF2N2O2. The Hall–Kier alpha value is -1.74. The van der Waals surface area contributed by atoms with E-state index in [0.29, 0.717) is 0 Å². The first kappa shape index (κ1) is 15.3. The Morgan fingerprint density at radius 3 is 2.79 bits per heavy atom. The van der Waals surface area contributed by atoms with Gasteiger partial charge in [0.15, 0.2) is 0 Å². The van der Waals surface area contributed by atoms with Crippen molar-refractivity contribution in [2.24, 2.45) is 0 Å². The summed E-state index contributed by atoms with van der Waals surface area (Å²) < 4.78 is 30.6. The van der Waals surface area contributed by atoms with E-state index in [-0.39, 0.29) is 29.4 Å². The fourth-order valence-corrected chi connectivity index (χ4v) is 1.69. The first-order valence-corrected chi connectivity index (χ1v) is 5.99. The first-order chi connectivity index (χ1) is 9.03. The lowest BCUT2D eigenvalue weighted by molar-refractivity contribution is -0.142. The average Bonchev–Trinajstić information content (AvgIpc) is 2.37. The number of halogens is 3. The Labute approximate surface area is 114 Å². The molecule has 0 aliphatic carbocycles. The van der Waals surface area contributed by atoms with Gasteiger partial charge in [0, 0.05) is 0 Å². The molecule has 1 rings (SSSR count). The van der Waals surface area contributed by atoms with Gasteiger partial charge in [-0.2, -0.15) is 5.26 Å². The normalized spacial score (nSPS) is 10.3. The standard InChI is InChI=1S/C12H11ClF2N2O2/c1-2-19-10(18)4-9-11(12(14)15)7(6-16)3-8(5-13)17-9/h3,12H,2,4-5H2,1H3. The average molecular weight is 289 g/mol. The molecule has 0 radical (unpaired) electrons. The van der Waals surface area contributed by atoms with Crippen molar-refractivity contribution in [1.29, 1.82) is 5.26 Å². The van der Waals surface area contributed by atoms with Gasteiger partial charge in [-0.05, 0) is 13.0 Å². The second-order valence-electron chi connectivity index (χ2n) is 3.55. The van der Waals surface area contributed by atoms with Crippen LogP contribution in [0.5, 0.6) is 0 Å². The minimum Gasteiger partial charge on any atom is -0.466 e. The number of hydrogen-bond acceptors (Lipinski definition) is 4. The number of aromatic nitrogens is 1. The largest absolute Gasteiger partial charge is 0.466 e. The Morgan fingerprint density at radius 1 is 1.63 bits per heavy atom. The van der Waals surface area contributed by atoms with Crippen LogP contribution in [0.2, 0.25) is 0 Å². The van der Waals surface area contributed by atoms with Crippen molar-refractivity contribution in [3.8, 4) is 6.07 Å². The van der Waals surface area contributed by atoms with Gasteiger partial charge in [-0.25, -0.2) is 8.78 Å². The summed E-state index contributed by atoms with van der Waals surface area (Å²) >= 11 is 5.58. The van der Waals surface area contributed by atoms with Crippen LogP contribution < -0.4 is 0 Å². The third kappa shape index (κ3) is 3.86. The minimum atomic E-state index is -2.89. The molecule has 19 heavy (non-hydrogen) atoms. The van der Waals surface area contributed by atoms with Crippen molar-refractivity contribution in [2.45, 2.75) is 25.7 Å². The summed E-state index contributed by atoms with van der Waals surface area (Å²) in [7, 11) is 0. The van der Waals surface area contributed by atoms with Gasteiger partial charge in [-0.1, -0.05) is 0 Å². The molecule has 0 aliphatic heterocycles. The molecule has 102 valence electrons. The van der Waals surface area contributed by atoms with E-state index in [1.807, 2.05) is 0 Å². The second-order valence-corrected chi connectivity index (χ2v) is 3.82. The molecule has 0 unspecified atom stereocenters. The number of rotatable bonds is 5. The zero-order valence-corrected chi connectivity index (χ0v) is 10.9. The minimum absolute atomic E-state index is 0.0337. The summed E-state index contributed by atoms with van der Waals surface area (Å²) in [6, 6.07) is 2.86. The lowest BCUT2D eigenvalue weighted by atomic mass is 10.0. The molecule has 0 fully saturated rings. The summed E-state index contributed by atoms with van der Waals surface area (Å²) in [5.41, 5.74) is -0.658. The van der Waals surface area contributed by atoms with Gasteiger partial charge < -0.3 is 4.74 Å². The third-order valence-corrected chi connectivity index (χ3v) is 2.56. The van der Waals surface area contributed by atoms with Gasteiger partial charge in [-0.3, -0.25) is 9.78 Å². The maximum Gasteiger partial charge on any atom is 0.311 e. The predicted octanol–water partition coefficient (Wildman–Crippen LogP) is 2.74. The Kier molecular flexibility index (Phi) is 5.64. The molecule has 0 spiro atoms. The molecule has 1 aromatic rings. The second kappa shape index (κ2) is 7.00. The third-order valence-electron chi connectivity index (χ3n) is 2.28. The van der Waals surface area contributed by atoms with Crippen LogP contribution in [0.1, 0.15) is 35.9 Å². The lowest BCUT2D eigenvalue weighted by Gasteiger charge is -2.11. The van der Waals surface area contributed by atoms with E-state index in [4.69, 9.17) is 16.9 Å². The van der Waals surface area contributed by atoms with Crippen LogP contribution in [0.3, 0.4) is 0 Å². The fourth-order valence-electron chi connectivity index (χ4n) is 1.55. The SMILES string of the molecule is CCOC(=O)Cc1nc(CCl)cc(C#N)c1C(F)F. The van der Waals surface area contributed by atoms with E-state index in [0.717, 1.165) is 0 Å². The zero-order chi connectivity index (χ0) is 14.4. The maximum absolute atomic E-state index is 13.0. The number of carbonyl (C=O) groups is 1. The van der Waals surface area contributed by atoms with E-state index in [9.17, 15) is 13.6 Å². The molecule has 0 aliphatic rings. The van der Waals surface area contributed by atoms with Crippen LogP contribution in [-0.2, 0) is 21.8 Å².